The molecule has 0 saturated heterocycles. The Hall–Kier alpha value is -2.09. The number of aromatic nitrogens is 2. The van der Waals surface area contributed by atoms with Crippen molar-refractivity contribution in [1.29, 1.82) is 0 Å². The Morgan fingerprint density at radius 3 is 2.58 bits per heavy atom. The summed E-state index contributed by atoms with van der Waals surface area (Å²) in [5.41, 5.74) is 2.48. The Morgan fingerprint density at radius 2 is 1.88 bits per heavy atom. The second-order valence-electron chi connectivity index (χ2n) is 5.40. The molecule has 0 unspecified atom stereocenters. The number of benzene rings is 2. The maximum Gasteiger partial charge on any atom is 0.286 e. The Labute approximate surface area is 166 Å². The average molecular weight is 453 g/mol. The summed E-state index contributed by atoms with van der Waals surface area (Å²) in [6.07, 6.45) is 1.63. The number of nitrogens with one attached hydrogen (secondary N) is 1. The highest BCUT2D eigenvalue weighted by atomic mass is 79.9. The topological polar surface area (TPSA) is 54.9 Å². The second kappa shape index (κ2) is 8.07. The molecule has 1 aromatic heterocycles. The molecule has 4 nitrogen and oxygen atoms in total. The Balaban J connectivity index is 1.75. The van der Waals surface area contributed by atoms with E-state index >= 15 is 0 Å². The molecule has 132 valence electrons. The van der Waals surface area contributed by atoms with E-state index in [1.54, 1.807) is 18.2 Å². The molecule has 0 spiro atoms. The van der Waals surface area contributed by atoms with Gasteiger partial charge in [-0.2, -0.15) is 0 Å². The molecule has 2 aromatic carbocycles. The lowest BCUT2D eigenvalue weighted by molar-refractivity contribution is 0.102. The van der Waals surface area contributed by atoms with E-state index in [-0.39, 0.29) is 16.7 Å². The normalized spacial score (nSPS) is 11.5. The van der Waals surface area contributed by atoms with Crippen LogP contribution in [0.2, 0.25) is 0 Å². The molecule has 1 N–H and O–H groups in total. The van der Waals surface area contributed by atoms with E-state index in [0.717, 1.165) is 16.9 Å². The summed E-state index contributed by atoms with van der Waals surface area (Å²) in [5.74, 6) is -0.712. The Morgan fingerprint density at radius 1 is 1.19 bits per heavy atom. The van der Waals surface area contributed by atoms with Gasteiger partial charge in [0.1, 0.15) is 5.82 Å². The number of rotatable bonds is 4. The first kappa shape index (κ1) is 18.7. The van der Waals surface area contributed by atoms with E-state index in [2.05, 4.69) is 31.4 Å². The van der Waals surface area contributed by atoms with E-state index in [1.165, 1.54) is 6.07 Å². The Kier molecular flexibility index (Phi) is 5.80. The van der Waals surface area contributed by atoms with Crippen molar-refractivity contribution in [2.45, 2.75) is 6.92 Å². The third kappa shape index (κ3) is 4.55. The van der Waals surface area contributed by atoms with Crippen molar-refractivity contribution < 1.29 is 9.18 Å². The highest BCUT2D eigenvalue weighted by Gasteiger charge is 2.15. The van der Waals surface area contributed by atoms with Gasteiger partial charge < -0.3 is 5.32 Å². The molecule has 3 rings (SSSR count). The number of hydrogen-bond donors (Lipinski definition) is 1. The van der Waals surface area contributed by atoms with Gasteiger partial charge in [-0.1, -0.05) is 46.7 Å². The van der Waals surface area contributed by atoms with E-state index < -0.39 is 0 Å². The zero-order valence-electron chi connectivity index (χ0n) is 13.5. The molecule has 0 bridgehead atoms. The minimum Gasteiger partial charge on any atom is -0.320 e. The maximum absolute atomic E-state index is 13.3. The van der Waals surface area contributed by atoms with Gasteiger partial charge in [0.25, 0.3) is 5.91 Å². The number of aryl methyl sites for hydroxylation is 1. The molecule has 0 fully saturated rings. The summed E-state index contributed by atoms with van der Waals surface area (Å²) in [4.78, 5) is 12.3. The lowest BCUT2D eigenvalue weighted by Crippen LogP contribution is -2.11. The quantitative estimate of drug-likeness (QED) is 0.549. The number of carbonyl (C=O) groups is 1. The number of hydrogen-bond acceptors (Lipinski definition) is 4. The van der Waals surface area contributed by atoms with E-state index in [0.29, 0.717) is 25.8 Å². The van der Waals surface area contributed by atoms with Gasteiger partial charge in [-0.15, -0.1) is 10.2 Å². The molecule has 0 aliphatic carbocycles. The number of halogens is 3. The summed E-state index contributed by atoms with van der Waals surface area (Å²) in [5, 5.41) is 11.5. The van der Waals surface area contributed by atoms with Crippen LogP contribution in [0.4, 0.5) is 10.1 Å². The van der Waals surface area contributed by atoms with Crippen molar-refractivity contribution in [3.63, 3.8) is 0 Å². The zero-order chi connectivity index (χ0) is 18.7. The van der Waals surface area contributed by atoms with Crippen LogP contribution in [0.5, 0.6) is 0 Å². The minimum absolute atomic E-state index is 0.201. The highest BCUT2D eigenvalue weighted by molar-refractivity contribution is 9.10. The van der Waals surface area contributed by atoms with Crippen molar-refractivity contribution in [2.24, 2.45) is 0 Å². The molecule has 8 heteroatoms. The van der Waals surface area contributed by atoms with Crippen LogP contribution in [-0.4, -0.2) is 16.1 Å². The third-order valence-corrected chi connectivity index (χ3v) is 5.33. The first-order valence-electron chi connectivity index (χ1n) is 7.46. The van der Waals surface area contributed by atoms with Crippen molar-refractivity contribution in [2.75, 3.05) is 5.32 Å². The number of carbonyl (C=O) groups excluding carboxylic acids is 1. The van der Waals surface area contributed by atoms with Gasteiger partial charge in [0.2, 0.25) is 5.01 Å². The van der Waals surface area contributed by atoms with Gasteiger partial charge in [-0.3, -0.25) is 4.79 Å². The van der Waals surface area contributed by atoms with Crippen molar-refractivity contribution >= 4 is 61.6 Å². The molecule has 1 amide bonds. The van der Waals surface area contributed by atoms with E-state index in [4.69, 9.17) is 11.6 Å². The minimum atomic E-state index is -0.357. The van der Waals surface area contributed by atoms with Gasteiger partial charge >= 0.3 is 0 Å². The number of anilines is 1. The van der Waals surface area contributed by atoms with Gasteiger partial charge in [0, 0.05) is 5.69 Å². The van der Waals surface area contributed by atoms with Crippen molar-refractivity contribution in [1.82, 2.24) is 10.2 Å². The molecule has 0 radical (unpaired) electrons. The third-order valence-electron chi connectivity index (χ3n) is 3.37. The van der Waals surface area contributed by atoms with Crippen molar-refractivity contribution in [3.05, 3.63) is 73.9 Å². The molecule has 0 aliphatic rings. The van der Waals surface area contributed by atoms with E-state index in [9.17, 15) is 9.18 Å². The zero-order valence-corrected chi connectivity index (χ0v) is 16.6. The fraction of sp³-hybridized carbons (Fsp3) is 0.0556. The summed E-state index contributed by atoms with van der Waals surface area (Å²) < 4.78 is 13.6. The van der Waals surface area contributed by atoms with Crippen LogP contribution in [0.15, 0.2) is 46.9 Å². The Bertz CT molecular complexity index is 988. The molecule has 0 saturated carbocycles. The molecule has 0 aliphatic heterocycles. The summed E-state index contributed by atoms with van der Waals surface area (Å²) in [6, 6.07) is 12.0. The van der Waals surface area contributed by atoms with Crippen LogP contribution in [0.3, 0.4) is 0 Å². The fourth-order valence-corrected chi connectivity index (χ4v) is 3.37. The van der Waals surface area contributed by atoms with Crippen LogP contribution in [0.1, 0.15) is 25.9 Å². The smallest absolute Gasteiger partial charge is 0.286 e. The largest absolute Gasteiger partial charge is 0.320 e. The fourth-order valence-electron chi connectivity index (χ4n) is 2.04. The molecule has 0 atom stereocenters. The standard InChI is InChI=1S/C18H12BrClFN3OS/c1-10-2-5-12(6-3-10)22-16(25)18-24-23-17(26-18)14(20)9-11-4-7-15(21)13(19)8-11/h2-9H,1H3,(H,22,25)/b14-9-. The average Bonchev–Trinajstić information content (AvgIpc) is 3.10. The van der Waals surface area contributed by atoms with Gasteiger partial charge in [-0.05, 0) is 58.8 Å². The summed E-state index contributed by atoms with van der Waals surface area (Å²) in [6.45, 7) is 1.97. The first-order chi connectivity index (χ1) is 12.4. The molecular formula is C18H12BrClFN3OS. The molecule has 26 heavy (non-hydrogen) atoms. The predicted molar refractivity (Wildman–Crippen MR) is 107 cm³/mol. The lowest BCUT2D eigenvalue weighted by Gasteiger charge is -2.02. The maximum atomic E-state index is 13.3. The molecule has 1 heterocycles. The van der Waals surface area contributed by atoms with Crippen LogP contribution in [-0.2, 0) is 0 Å². The van der Waals surface area contributed by atoms with Crippen LogP contribution >= 0.6 is 38.9 Å². The molecular weight excluding hydrogens is 441 g/mol. The van der Waals surface area contributed by atoms with Gasteiger partial charge in [-0.25, -0.2) is 4.39 Å². The first-order valence-corrected chi connectivity index (χ1v) is 9.45. The monoisotopic (exact) mass is 451 g/mol. The van der Waals surface area contributed by atoms with Crippen LogP contribution < -0.4 is 5.32 Å². The van der Waals surface area contributed by atoms with Gasteiger partial charge in [0.05, 0.1) is 9.51 Å². The second-order valence-corrected chi connectivity index (χ2v) is 7.64. The predicted octanol–water partition coefficient (Wildman–Crippen LogP) is 5.74. The summed E-state index contributed by atoms with van der Waals surface area (Å²) >= 11 is 10.5. The van der Waals surface area contributed by atoms with E-state index in [1.807, 2.05) is 31.2 Å². The van der Waals surface area contributed by atoms with Crippen LogP contribution in [0.25, 0.3) is 11.1 Å². The lowest BCUT2D eigenvalue weighted by atomic mass is 10.2. The molecule has 3 aromatic rings. The van der Waals surface area contributed by atoms with Crippen LogP contribution in [0, 0.1) is 12.7 Å². The van der Waals surface area contributed by atoms with Gasteiger partial charge in [0.15, 0.2) is 5.01 Å². The number of nitrogens with zero attached hydrogens (tertiary/aromatic N) is 2. The highest BCUT2D eigenvalue weighted by Crippen LogP contribution is 2.27. The summed E-state index contributed by atoms with van der Waals surface area (Å²) in [7, 11) is 0. The SMILES string of the molecule is Cc1ccc(NC(=O)c2nnc(/C(Cl)=C/c3ccc(F)c(Br)c3)s2)cc1. The van der Waals surface area contributed by atoms with Crippen molar-refractivity contribution in [3.8, 4) is 0 Å². The number of amides is 1.